The summed E-state index contributed by atoms with van der Waals surface area (Å²) in [5, 5.41) is 0. The predicted molar refractivity (Wildman–Crippen MR) is 105 cm³/mol. The lowest BCUT2D eigenvalue weighted by Gasteiger charge is -2.01. The zero-order valence-electron chi connectivity index (χ0n) is 16.6. The minimum absolute atomic E-state index is 0.0631. The number of ether oxygens (including phenoxy) is 1. The van der Waals surface area contributed by atoms with Crippen molar-refractivity contribution in [2.45, 2.75) is 59.7 Å². The van der Waals surface area contributed by atoms with E-state index in [-0.39, 0.29) is 11.6 Å². The van der Waals surface area contributed by atoms with E-state index in [2.05, 4.69) is 18.8 Å². The molecule has 1 aliphatic heterocycles. The monoisotopic (exact) mass is 378 g/mol. The van der Waals surface area contributed by atoms with Gasteiger partial charge in [0.1, 0.15) is 5.82 Å². The molecule has 1 saturated heterocycles. The number of carbonyl (C=O) groups is 1. The third-order valence-electron chi connectivity index (χ3n) is 3.90. The van der Waals surface area contributed by atoms with Crippen molar-refractivity contribution in [3.63, 3.8) is 0 Å². The number of carbonyl (C=O) groups excluding carboxylic acids is 1. The van der Waals surface area contributed by atoms with E-state index in [1.54, 1.807) is 0 Å². The number of aromatic nitrogens is 2. The van der Waals surface area contributed by atoms with Crippen LogP contribution in [0.2, 0.25) is 0 Å². The molecule has 0 amide bonds. The topological polar surface area (TPSA) is 44.1 Å². The van der Waals surface area contributed by atoms with Gasteiger partial charge in [-0.15, -0.1) is 0 Å². The average molecular weight is 378 g/mol. The van der Waals surface area contributed by atoms with E-state index in [0.29, 0.717) is 29.9 Å². The Bertz CT molecular complexity index is 731. The summed E-state index contributed by atoms with van der Waals surface area (Å²) in [4.78, 5) is 14.8. The Kier molecular flexibility index (Phi) is 9.58. The van der Waals surface area contributed by atoms with Gasteiger partial charge in [-0.3, -0.25) is 9.36 Å². The van der Waals surface area contributed by atoms with E-state index in [9.17, 15) is 13.6 Å². The highest BCUT2D eigenvalue weighted by Crippen LogP contribution is 2.22. The van der Waals surface area contributed by atoms with Crippen molar-refractivity contribution in [2.75, 3.05) is 0 Å². The predicted octanol–water partition coefficient (Wildman–Crippen LogP) is 5.66. The standard InChI is InChI=1S/C13H10F2N2O.C6H12O.C2H6/c1-2-11(15)13-16-12(7-17(13)8-18)9-3-5-10(14)6-4-9;1-5-3-4-6(2)7-5;1-2/h2-8H,1H3;5-6H,3-4H2,1-2H3;1-2H3/b11-2+;;/t;5-,6?;/m.0./s1. The molecule has 1 aliphatic rings. The highest BCUT2D eigenvalue weighted by atomic mass is 19.1. The maximum atomic E-state index is 13.5. The third kappa shape index (κ3) is 6.71. The number of hydrogen-bond acceptors (Lipinski definition) is 3. The number of halogens is 2. The van der Waals surface area contributed by atoms with Gasteiger partial charge in [-0.2, -0.15) is 0 Å². The second-order valence-electron chi connectivity index (χ2n) is 5.94. The van der Waals surface area contributed by atoms with E-state index < -0.39 is 5.83 Å². The van der Waals surface area contributed by atoms with Crippen molar-refractivity contribution in [3.8, 4) is 11.3 Å². The molecular formula is C21H28F2N2O2. The van der Waals surface area contributed by atoms with Gasteiger partial charge in [0.05, 0.1) is 17.9 Å². The minimum Gasteiger partial charge on any atom is -0.376 e. The van der Waals surface area contributed by atoms with Crippen LogP contribution in [-0.2, 0) is 9.53 Å². The molecule has 3 rings (SSSR count). The minimum atomic E-state index is -0.588. The van der Waals surface area contributed by atoms with Crippen molar-refractivity contribution in [2.24, 2.45) is 0 Å². The molecule has 2 atom stereocenters. The molecule has 1 unspecified atom stereocenters. The molecule has 0 saturated carbocycles. The van der Waals surface area contributed by atoms with Crippen LogP contribution in [-0.4, -0.2) is 28.2 Å². The molecule has 2 heterocycles. The van der Waals surface area contributed by atoms with Gasteiger partial charge < -0.3 is 4.74 Å². The van der Waals surface area contributed by atoms with Crippen molar-refractivity contribution in [1.29, 1.82) is 0 Å². The van der Waals surface area contributed by atoms with Gasteiger partial charge >= 0.3 is 0 Å². The Morgan fingerprint density at radius 3 is 2.15 bits per heavy atom. The largest absolute Gasteiger partial charge is 0.376 e. The van der Waals surface area contributed by atoms with Gasteiger partial charge in [0, 0.05) is 11.8 Å². The maximum absolute atomic E-state index is 13.5. The van der Waals surface area contributed by atoms with E-state index in [4.69, 9.17) is 4.74 Å². The van der Waals surface area contributed by atoms with Crippen LogP contribution < -0.4 is 0 Å². The molecular weight excluding hydrogens is 350 g/mol. The van der Waals surface area contributed by atoms with Gasteiger partial charge in [-0.1, -0.05) is 13.8 Å². The Morgan fingerprint density at radius 1 is 1.19 bits per heavy atom. The first kappa shape index (κ1) is 22.7. The number of nitrogens with zero attached hydrogens (tertiary/aromatic N) is 2. The normalized spacial score (nSPS) is 18.9. The van der Waals surface area contributed by atoms with Gasteiger partial charge in [-0.25, -0.2) is 13.8 Å². The van der Waals surface area contributed by atoms with E-state index >= 15 is 0 Å². The summed E-state index contributed by atoms with van der Waals surface area (Å²) < 4.78 is 32.7. The number of allylic oxidation sites excluding steroid dienone is 1. The summed E-state index contributed by atoms with van der Waals surface area (Å²) in [6.07, 6.45) is 6.64. The van der Waals surface area contributed by atoms with Crippen LogP contribution in [0, 0.1) is 5.82 Å². The van der Waals surface area contributed by atoms with E-state index in [1.807, 2.05) is 13.8 Å². The van der Waals surface area contributed by atoms with Crippen molar-refractivity contribution in [3.05, 3.63) is 48.2 Å². The Balaban J connectivity index is 0.000000338. The fourth-order valence-corrected chi connectivity index (χ4v) is 2.54. The molecule has 1 aromatic heterocycles. The first-order valence-corrected chi connectivity index (χ1v) is 9.22. The number of hydrogen-bond donors (Lipinski definition) is 0. The summed E-state index contributed by atoms with van der Waals surface area (Å²) in [6, 6.07) is 5.59. The van der Waals surface area contributed by atoms with Crippen LogP contribution >= 0.6 is 0 Å². The molecule has 4 nitrogen and oxygen atoms in total. The van der Waals surface area contributed by atoms with Crippen LogP contribution in [0.15, 0.2) is 36.5 Å². The van der Waals surface area contributed by atoms with E-state index in [1.165, 1.54) is 56.3 Å². The molecule has 0 spiro atoms. The molecule has 0 bridgehead atoms. The Morgan fingerprint density at radius 2 is 1.74 bits per heavy atom. The lowest BCUT2D eigenvalue weighted by atomic mass is 10.2. The molecule has 1 aromatic carbocycles. The zero-order chi connectivity index (χ0) is 20.4. The zero-order valence-corrected chi connectivity index (χ0v) is 16.6. The van der Waals surface area contributed by atoms with Crippen molar-refractivity contribution in [1.82, 2.24) is 9.55 Å². The average Bonchev–Trinajstić information content (AvgIpc) is 3.29. The number of benzene rings is 1. The molecule has 0 N–H and O–H groups in total. The van der Waals surface area contributed by atoms with Crippen LogP contribution in [0.3, 0.4) is 0 Å². The van der Waals surface area contributed by atoms with Crippen LogP contribution in [0.25, 0.3) is 17.1 Å². The molecule has 2 aromatic rings. The lowest BCUT2D eigenvalue weighted by Crippen LogP contribution is -2.01. The molecule has 148 valence electrons. The molecule has 0 aliphatic carbocycles. The Hall–Kier alpha value is -2.34. The van der Waals surface area contributed by atoms with Crippen molar-refractivity contribution >= 4 is 12.2 Å². The molecule has 1 fully saturated rings. The number of rotatable bonds is 3. The fourth-order valence-electron chi connectivity index (χ4n) is 2.54. The first-order chi connectivity index (χ1) is 12.9. The van der Waals surface area contributed by atoms with Crippen LogP contribution in [0.4, 0.5) is 8.78 Å². The van der Waals surface area contributed by atoms with Gasteiger partial charge in [-0.05, 0) is 64.0 Å². The highest BCUT2D eigenvalue weighted by molar-refractivity contribution is 5.69. The summed E-state index contributed by atoms with van der Waals surface area (Å²) in [5.41, 5.74) is 1.02. The van der Waals surface area contributed by atoms with Gasteiger partial charge in [0.15, 0.2) is 11.7 Å². The SMILES string of the molecule is C/C=C(/F)c1nc(-c2ccc(F)cc2)cn1C=O.CC.CC1CC[C@H](C)O1. The van der Waals surface area contributed by atoms with Gasteiger partial charge in [0.25, 0.3) is 0 Å². The van der Waals surface area contributed by atoms with Crippen LogP contribution in [0.1, 0.15) is 53.3 Å². The Labute approximate surface area is 159 Å². The molecule has 0 radical (unpaired) electrons. The number of imidazole rings is 1. The second-order valence-corrected chi connectivity index (χ2v) is 5.94. The highest BCUT2D eigenvalue weighted by Gasteiger charge is 2.16. The van der Waals surface area contributed by atoms with Crippen molar-refractivity contribution < 1.29 is 18.3 Å². The van der Waals surface area contributed by atoms with Crippen LogP contribution in [0.5, 0.6) is 0 Å². The van der Waals surface area contributed by atoms with Gasteiger partial charge in [0.2, 0.25) is 6.41 Å². The lowest BCUT2D eigenvalue weighted by molar-refractivity contribution is 0.0673. The molecule has 27 heavy (non-hydrogen) atoms. The first-order valence-electron chi connectivity index (χ1n) is 9.22. The van der Waals surface area contributed by atoms with E-state index in [0.717, 1.165) is 4.57 Å². The third-order valence-corrected chi connectivity index (χ3v) is 3.90. The quantitative estimate of drug-likeness (QED) is 0.648. The summed E-state index contributed by atoms with van der Waals surface area (Å²) >= 11 is 0. The fraction of sp³-hybridized carbons (Fsp3) is 0.429. The summed E-state index contributed by atoms with van der Waals surface area (Å²) in [6.45, 7) is 9.77. The molecule has 6 heteroatoms. The summed E-state index contributed by atoms with van der Waals surface area (Å²) in [5.74, 6) is -1.02. The smallest absolute Gasteiger partial charge is 0.219 e. The second kappa shape index (κ2) is 11.4. The maximum Gasteiger partial charge on any atom is 0.219 e. The summed E-state index contributed by atoms with van der Waals surface area (Å²) in [7, 11) is 0.